The molecule has 4 rings (SSSR count). The molecule has 1 saturated heterocycles. The molecule has 1 aliphatic heterocycles. The zero-order valence-corrected chi connectivity index (χ0v) is 19.9. The Kier molecular flexibility index (Phi) is 6.85. The molecule has 1 heterocycles. The molecule has 2 fully saturated rings. The third-order valence-electron chi connectivity index (χ3n) is 6.83. The number of ketones is 1. The number of allylic oxidation sites excluding steroid dienone is 2. The van der Waals surface area contributed by atoms with E-state index in [4.69, 9.17) is 5.73 Å². The summed E-state index contributed by atoms with van der Waals surface area (Å²) in [6.45, 7) is 4.45. The van der Waals surface area contributed by atoms with Crippen molar-refractivity contribution in [1.82, 2.24) is 10.2 Å². The standard InChI is InChI=1S/C28H32N4O2/c1-19(30)14-24(32-13-12-28(18-29,27(32)34)23-10-11-23)15-20(2)31-17-25(33)16-22-8-5-7-21-6-3-4-9-26(21)22/h3-9,14-15,20,23,31H,10-13,16-17,30H2,1-2H3/b19-14-,24-15+. The molecule has 1 saturated carbocycles. The van der Waals surface area contributed by atoms with Gasteiger partial charge >= 0.3 is 0 Å². The van der Waals surface area contributed by atoms with Crippen molar-refractivity contribution < 1.29 is 9.59 Å². The summed E-state index contributed by atoms with van der Waals surface area (Å²) in [6.07, 6.45) is 6.47. The molecule has 0 spiro atoms. The first-order valence-corrected chi connectivity index (χ1v) is 11.9. The lowest BCUT2D eigenvalue weighted by Gasteiger charge is -2.23. The molecule has 2 aromatic rings. The second-order valence-electron chi connectivity index (χ2n) is 9.57. The summed E-state index contributed by atoms with van der Waals surface area (Å²) < 4.78 is 0. The number of Topliss-reactive ketones (excluding diaryl/α,β-unsaturated/α-hetero) is 1. The Bertz CT molecular complexity index is 1200. The lowest BCUT2D eigenvalue weighted by molar-refractivity contribution is -0.132. The average molecular weight is 457 g/mol. The second-order valence-corrected chi connectivity index (χ2v) is 9.57. The summed E-state index contributed by atoms with van der Waals surface area (Å²) in [5.41, 5.74) is 7.33. The molecular formula is C28H32N4O2. The average Bonchev–Trinajstić information content (AvgIpc) is 3.61. The topological polar surface area (TPSA) is 99.2 Å². The summed E-state index contributed by atoms with van der Waals surface area (Å²) >= 11 is 0. The monoisotopic (exact) mass is 456 g/mol. The third kappa shape index (κ3) is 4.90. The van der Waals surface area contributed by atoms with Gasteiger partial charge in [-0.25, -0.2) is 0 Å². The van der Waals surface area contributed by atoms with Crippen LogP contribution in [0.4, 0.5) is 0 Å². The van der Waals surface area contributed by atoms with Crippen LogP contribution in [0.3, 0.4) is 0 Å². The highest BCUT2D eigenvalue weighted by atomic mass is 16.2. The maximum Gasteiger partial charge on any atom is 0.247 e. The molecule has 2 unspecified atom stereocenters. The second kappa shape index (κ2) is 9.82. The summed E-state index contributed by atoms with van der Waals surface area (Å²) in [7, 11) is 0. The largest absolute Gasteiger partial charge is 0.402 e. The number of benzene rings is 2. The quantitative estimate of drug-likeness (QED) is 0.559. The lowest BCUT2D eigenvalue weighted by atomic mass is 9.83. The van der Waals surface area contributed by atoms with Crippen LogP contribution in [-0.2, 0) is 16.0 Å². The van der Waals surface area contributed by atoms with Gasteiger partial charge in [-0.2, -0.15) is 5.26 Å². The predicted molar refractivity (Wildman–Crippen MR) is 133 cm³/mol. The number of likely N-dealkylation sites (tertiary alicyclic amines) is 1. The van der Waals surface area contributed by atoms with E-state index >= 15 is 0 Å². The van der Waals surface area contributed by atoms with E-state index in [0.29, 0.717) is 30.8 Å². The summed E-state index contributed by atoms with van der Waals surface area (Å²) in [6, 6.07) is 16.3. The Morgan fingerprint density at radius 3 is 2.74 bits per heavy atom. The molecule has 0 aromatic heterocycles. The highest BCUT2D eigenvalue weighted by Crippen LogP contribution is 2.51. The van der Waals surface area contributed by atoms with Gasteiger partial charge in [-0.3, -0.25) is 9.59 Å². The van der Waals surface area contributed by atoms with Crippen LogP contribution >= 0.6 is 0 Å². The smallest absolute Gasteiger partial charge is 0.247 e. The molecule has 3 N–H and O–H groups in total. The molecule has 2 aromatic carbocycles. The number of carbonyl (C=O) groups excluding carboxylic acids is 2. The number of hydrogen-bond donors (Lipinski definition) is 2. The Balaban J connectivity index is 1.43. The van der Waals surface area contributed by atoms with Gasteiger partial charge in [0, 0.05) is 30.4 Å². The molecule has 6 heteroatoms. The number of nitriles is 1. The van der Waals surface area contributed by atoms with Crippen LogP contribution in [0.5, 0.6) is 0 Å². The molecule has 0 radical (unpaired) electrons. The molecular weight excluding hydrogens is 424 g/mol. The minimum Gasteiger partial charge on any atom is -0.402 e. The number of carbonyl (C=O) groups is 2. The maximum absolute atomic E-state index is 13.2. The molecule has 1 aliphatic carbocycles. The number of nitrogens with one attached hydrogen (secondary N) is 1. The fourth-order valence-electron chi connectivity index (χ4n) is 4.89. The van der Waals surface area contributed by atoms with E-state index in [1.165, 1.54) is 0 Å². The summed E-state index contributed by atoms with van der Waals surface area (Å²) in [4.78, 5) is 27.6. The molecule has 0 bridgehead atoms. The fraction of sp³-hybridized carbons (Fsp3) is 0.393. The Labute approximate surface area is 201 Å². The first-order valence-electron chi connectivity index (χ1n) is 11.9. The van der Waals surface area contributed by atoms with Crippen molar-refractivity contribution in [2.45, 2.75) is 45.6 Å². The Hall–Kier alpha value is -3.43. The Morgan fingerprint density at radius 2 is 2.03 bits per heavy atom. The first-order chi connectivity index (χ1) is 16.3. The van der Waals surface area contributed by atoms with Gasteiger partial charge in [0.2, 0.25) is 5.91 Å². The molecule has 176 valence electrons. The van der Waals surface area contributed by atoms with Gasteiger partial charge in [-0.15, -0.1) is 0 Å². The number of rotatable bonds is 9. The van der Waals surface area contributed by atoms with E-state index in [-0.39, 0.29) is 30.2 Å². The first kappa shape index (κ1) is 23.7. The van der Waals surface area contributed by atoms with Crippen LogP contribution in [0, 0.1) is 22.7 Å². The fourth-order valence-corrected chi connectivity index (χ4v) is 4.89. The third-order valence-corrected chi connectivity index (χ3v) is 6.83. The van der Waals surface area contributed by atoms with Gasteiger partial charge in [-0.1, -0.05) is 42.5 Å². The normalized spacial score (nSPS) is 22.1. The molecule has 2 aliphatic rings. The van der Waals surface area contributed by atoms with Crippen LogP contribution in [0.1, 0.15) is 38.7 Å². The van der Waals surface area contributed by atoms with Gasteiger partial charge in [-0.05, 0) is 67.5 Å². The SMILES string of the molecule is C/C(N)=C/C(=C\C(C)NCC(=O)Cc1cccc2ccccc12)N1CCC(C#N)(C2CC2)C1=O. The molecule has 6 nitrogen and oxygen atoms in total. The van der Waals surface area contributed by atoms with E-state index in [2.05, 4.69) is 11.4 Å². The number of nitrogens with two attached hydrogens (primary N) is 1. The highest BCUT2D eigenvalue weighted by molar-refractivity contribution is 5.92. The number of amides is 1. The van der Waals surface area contributed by atoms with E-state index in [1.54, 1.807) is 17.9 Å². The van der Waals surface area contributed by atoms with Gasteiger partial charge in [0.05, 0.1) is 12.6 Å². The van der Waals surface area contributed by atoms with Crippen molar-refractivity contribution in [3.8, 4) is 6.07 Å². The van der Waals surface area contributed by atoms with Crippen LogP contribution < -0.4 is 11.1 Å². The van der Waals surface area contributed by atoms with Crippen molar-refractivity contribution in [2.24, 2.45) is 17.1 Å². The van der Waals surface area contributed by atoms with E-state index in [9.17, 15) is 14.9 Å². The van der Waals surface area contributed by atoms with Crippen molar-refractivity contribution in [3.63, 3.8) is 0 Å². The van der Waals surface area contributed by atoms with Crippen molar-refractivity contribution in [1.29, 1.82) is 5.26 Å². The summed E-state index contributed by atoms with van der Waals surface area (Å²) in [5.74, 6) is 0.139. The van der Waals surface area contributed by atoms with Crippen molar-refractivity contribution in [2.75, 3.05) is 13.1 Å². The van der Waals surface area contributed by atoms with Crippen LogP contribution in [-0.4, -0.2) is 35.7 Å². The van der Waals surface area contributed by atoms with Gasteiger partial charge in [0.25, 0.3) is 0 Å². The number of nitrogens with zero attached hydrogens (tertiary/aromatic N) is 2. The highest BCUT2D eigenvalue weighted by Gasteiger charge is 2.56. The predicted octanol–water partition coefficient (Wildman–Crippen LogP) is 3.83. The van der Waals surface area contributed by atoms with Crippen molar-refractivity contribution in [3.05, 3.63) is 71.6 Å². The zero-order chi connectivity index (χ0) is 24.3. The number of hydrogen-bond acceptors (Lipinski definition) is 5. The van der Waals surface area contributed by atoms with Crippen LogP contribution in [0.2, 0.25) is 0 Å². The minimum atomic E-state index is -0.902. The van der Waals surface area contributed by atoms with Gasteiger partial charge < -0.3 is 16.0 Å². The van der Waals surface area contributed by atoms with E-state index < -0.39 is 5.41 Å². The van der Waals surface area contributed by atoms with Gasteiger partial charge in [0.1, 0.15) is 5.41 Å². The van der Waals surface area contributed by atoms with Crippen LogP contribution in [0.15, 0.2) is 66.0 Å². The Morgan fingerprint density at radius 1 is 1.29 bits per heavy atom. The summed E-state index contributed by atoms with van der Waals surface area (Å²) in [5, 5.41) is 15.3. The molecule has 1 amide bonds. The molecule has 2 atom stereocenters. The van der Waals surface area contributed by atoms with E-state index in [1.807, 2.05) is 55.5 Å². The lowest BCUT2D eigenvalue weighted by Crippen LogP contribution is -2.36. The number of fused-ring (bicyclic) bond motifs is 1. The van der Waals surface area contributed by atoms with E-state index in [0.717, 1.165) is 29.2 Å². The van der Waals surface area contributed by atoms with Gasteiger partial charge in [0.15, 0.2) is 5.78 Å². The maximum atomic E-state index is 13.2. The van der Waals surface area contributed by atoms with Crippen LogP contribution in [0.25, 0.3) is 10.8 Å². The minimum absolute atomic E-state index is 0.0955. The zero-order valence-electron chi connectivity index (χ0n) is 19.9. The van der Waals surface area contributed by atoms with Crippen molar-refractivity contribution >= 4 is 22.5 Å². The molecule has 34 heavy (non-hydrogen) atoms.